The van der Waals surface area contributed by atoms with Crippen LogP contribution in [0.3, 0.4) is 0 Å². The molecule has 0 aromatic carbocycles. The third kappa shape index (κ3) is 3.40. The van der Waals surface area contributed by atoms with E-state index in [-0.39, 0.29) is 0 Å². The fraction of sp³-hybridized carbons (Fsp3) is 0.500. The maximum absolute atomic E-state index is 11.2. The van der Waals surface area contributed by atoms with Crippen molar-refractivity contribution in [2.24, 2.45) is 0 Å². The van der Waals surface area contributed by atoms with Crippen molar-refractivity contribution in [2.45, 2.75) is 0 Å². The predicted octanol–water partition coefficient (Wildman–Crippen LogP) is 0.0405. The summed E-state index contributed by atoms with van der Waals surface area (Å²) >= 11 is 0. The fourth-order valence-electron chi connectivity index (χ4n) is 0. The van der Waals surface area contributed by atoms with E-state index < -0.39 is 12.6 Å². The van der Waals surface area contributed by atoms with Crippen LogP contribution >= 0.6 is 0 Å². The average Bonchev–Trinajstić information content (AvgIpc) is 1.31. The second-order valence-electron chi connectivity index (χ2n) is 0.400. The number of alkyl halides is 1. The van der Waals surface area contributed by atoms with Gasteiger partial charge in [0.05, 0.1) is 2.74 Å². The number of carboxylic acids is 1. The lowest BCUT2D eigenvalue weighted by Crippen LogP contribution is -1.93. The predicted molar refractivity (Wildman–Crippen MR) is 13.6 cm³/mol. The molecule has 0 spiro atoms. The zero-order valence-electron chi connectivity index (χ0n) is 4.23. The number of rotatable bonds is 1. The average molecular weight is 82.0 g/mol. The molecule has 0 radical (unpaired) electrons. The van der Waals surface area contributed by atoms with Crippen molar-refractivity contribution in [1.82, 2.24) is 0 Å². The van der Waals surface area contributed by atoms with E-state index in [0.29, 0.717) is 0 Å². The molecular weight excluding hydrogens is 77.0 g/mol. The Morgan fingerprint density at radius 2 is 2.60 bits per heavy atom. The summed E-state index contributed by atoms with van der Waals surface area (Å²) in [6.07, 6.45) is 0. The standard InChI is InChI=1S/C2H3FO2/c3-1-2(4)5/h1H2,(H,4,5)/i1+1D2,2+1. The molecular formula is C2H3FO2. The van der Waals surface area contributed by atoms with Gasteiger partial charge in [0.1, 0.15) is 0 Å². The van der Waals surface area contributed by atoms with E-state index in [1.54, 1.807) is 0 Å². The minimum absolute atomic E-state index is 2.09. The Morgan fingerprint density at radius 1 is 2.40 bits per heavy atom. The molecule has 0 aliphatic carbocycles. The van der Waals surface area contributed by atoms with Gasteiger partial charge in [0.15, 0.2) is 6.63 Å². The highest BCUT2D eigenvalue weighted by molar-refractivity contribution is 5.67. The van der Waals surface area contributed by atoms with E-state index in [0.717, 1.165) is 0 Å². The minimum atomic E-state index is -3.58. The maximum Gasteiger partial charge on any atom is 0.335 e. The second kappa shape index (κ2) is 1.69. The van der Waals surface area contributed by atoms with Gasteiger partial charge in [-0.2, -0.15) is 0 Å². The Bertz CT molecular complexity index is 86.2. The van der Waals surface area contributed by atoms with Gasteiger partial charge in [-0.15, -0.1) is 0 Å². The van der Waals surface area contributed by atoms with Crippen LogP contribution in [0.5, 0.6) is 0 Å². The number of hydrogen-bond donors (Lipinski definition) is 1. The summed E-state index contributed by atoms with van der Waals surface area (Å²) in [5.41, 5.74) is 0. The maximum atomic E-state index is 11.2. The number of halogens is 1. The zero-order valence-corrected chi connectivity index (χ0v) is 2.23. The van der Waals surface area contributed by atoms with Gasteiger partial charge in [-0.3, -0.25) is 0 Å². The molecule has 0 heterocycles. The summed E-state index contributed by atoms with van der Waals surface area (Å²) in [7, 11) is 0. The van der Waals surface area contributed by atoms with Crippen LogP contribution in [-0.4, -0.2) is 17.7 Å². The molecule has 0 aromatic heterocycles. The molecule has 0 unspecified atom stereocenters. The van der Waals surface area contributed by atoms with Crippen LogP contribution in [-0.2, 0) is 4.79 Å². The molecule has 0 amide bonds. The lowest BCUT2D eigenvalue weighted by molar-refractivity contribution is -0.137. The van der Waals surface area contributed by atoms with Crippen molar-refractivity contribution in [1.29, 1.82) is 0 Å². The molecule has 0 aromatic rings. The third-order valence-electron chi connectivity index (χ3n) is 0.0808. The second-order valence-corrected chi connectivity index (χ2v) is 0.400. The Kier molecular flexibility index (Phi) is 0.591. The number of carboxylic acid groups (broad SMARTS) is 1. The molecule has 0 bridgehead atoms. The molecule has 0 aliphatic heterocycles. The monoisotopic (exact) mass is 82.0 g/mol. The lowest BCUT2D eigenvalue weighted by Gasteiger charge is -1.69. The van der Waals surface area contributed by atoms with Crippen LogP contribution in [0, 0.1) is 0 Å². The highest BCUT2D eigenvalue weighted by Gasteiger charge is 1.85. The molecule has 0 rings (SSSR count). The molecule has 0 aliphatic rings. The van der Waals surface area contributed by atoms with Gasteiger partial charge in [0.25, 0.3) is 0 Å². The fourth-order valence-corrected chi connectivity index (χ4v) is 0. The Morgan fingerprint density at radius 3 is 2.60 bits per heavy atom. The van der Waals surface area contributed by atoms with Crippen molar-refractivity contribution in [3.63, 3.8) is 0 Å². The van der Waals surface area contributed by atoms with Crippen molar-refractivity contribution in [2.75, 3.05) is 6.63 Å². The smallest absolute Gasteiger partial charge is 0.335 e. The van der Waals surface area contributed by atoms with Crippen LogP contribution in [0.4, 0.5) is 4.39 Å². The van der Waals surface area contributed by atoms with Gasteiger partial charge < -0.3 is 5.11 Å². The van der Waals surface area contributed by atoms with Gasteiger partial charge in [-0.25, -0.2) is 9.18 Å². The van der Waals surface area contributed by atoms with E-state index in [9.17, 15) is 9.18 Å². The van der Waals surface area contributed by atoms with E-state index >= 15 is 0 Å². The molecule has 1 N–H and O–H groups in total. The lowest BCUT2D eigenvalue weighted by atomic mass is 11.8. The van der Waals surface area contributed by atoms with Crippen LogP contribution in [0.15, 0.2) is 0 Å². The number of carbonyl (C=O) groups is 1. The minimum Gasteiger partial charge on any atom is -0.479 e. The van der Waals surface area contributed by atoms with Crippen molar-refractivity contribution >= 4 is 5.97 Å². The molecule has 5 heavy (non-hydrogen) atoms. The summed E-state index contributed by atoms with van der Waals surface area (Å²) in [6.45, 7) is -3.58. The van der Waals surface area contributed by atoms with Crippen LogP contribution in [0.2, 0.25) is 0 Å². The Hall–Kier alpha value is -0.600. The summed E-state index contributed by atoms with van der Waals surface area (Å²) in [5.74, 6) is -2.09. The summed E-state index contributed by atoms with van der Waals surface area (Å²) in [5, 5.41) is 7.50. The summed E-state index contributed by atoms with van der Waals surface area (Å²) in [4.78, 5) is 9.27. The third-order valence-corrected chi connectivity index (χ3v) is 0.0808. The summed E-state index contributed by atoms with van der Waals surface area (Å²) in [6, 6.07) is 0. The van der Waals surface area contributed by atoms with E-state index in [1.807, 2.05) is 0 Å². The first-order valence-electron chi connectivity index (χ1n) is 1.87. The molecule has 2 nitrogen and oxygen atoms in total. The Labute approximate surface area is 31.0 Å². The van der Waals surface area contributed by atoms with Crippen LogP contribution in [0.1, 0.15) is 2.74 Å². The quantitative estimate of drug-likeness (QED) is 0.453. The van der Waals surface area contributed by atoms with Crippen LogP contribution in [0.25, 0.3) is 0 Å². The molecule has 3 heteroatoms. The normalized spacial score (nSPS) is 16.2. The molecule has 0 fully saturated rings. The SMILES string of the molecule is [2H][13C]([2H])(F)[13C](=O)O. The van der Waals surface area contributed by atoms with E-state index in [1.165, 1.54) is 0 Å². The van der Waals surface area contributed by atoms with E-state index in [2.05, 4.69) is 0 Å². The van der Waals surface area contributed by atoms with Gasteiger partial charge in [0.2, 0.25) is 0 Å². The van der Waals surface area contributed by atoms with Gasteiger partial charge in [0, 0.05) is 0 Å². The van der Waals surface area contributed by atoms with Crippen molar-refractivity contribution < 1.29 is 17.0 Å². The first kappa shape index (κ1) is 1.74. The van der Waals surface area contributed by atoms with Gasteiger partial charge in [-0.05, 0) is 0 Å². The van der Waals surface area contributed by atoms with Gasteiger partial charge >= 0.3 is 5.97 Å². The molecule has 30 valence electrons. The van der Waals surface area contributed by atoms with Gasteiger partial charge in [-0.1, -0.05) is 0 Å². The highest BCUT2D eigenvalue weighted by Crippen LogP contribution is 1.60. The topological polar surface area (TPSA) is 37.3 Å². The number of aliphatic carboxylic acids is 1. The highest BCUT2D eigenvalue weighted by atomic mass is 19.2. The molecule has 0 saturated carbocycles. The number of hydrogen-bond acceptors (Lipinski definition) is 1. The molecule has 0 saturated heterocycles. The van der Waals surface area contributed by atoms with Crippen molar-refractivity contribution in [3.8, 4) is 0 Å². The van der Waals surface area contributed by atoms with Crippen LogP contribution < -0.4 is 0 Å². The Balaban J connectivity index is 3.79. The molecule has 0 atom stereocenters. The first-order chi connectivity index (χ1) is 2.94. The first-order valence-corrected chi connectivity index (χ1v) is 0.867. The van der Waals surface area contributed by atoms with Crippen molar-refractivity contribution in [3.05, 3.63) is 0 Å². The summed E-state index contributed by atoms with van der Waals surface area (Å²) < 4.78 is 22.8. The zero-order chi connectivity index (χ0) is 6.08. The largest absolute Gasteiger partial charge is 0.479 e. The van der Waals surface area contributed by atoms with E-state index in [4.69, 9.17) is 7.85 Å².